The summed E-state index contributed by atoms with van der Waals surface area (Å²) in [7, 11) is 0. The van der Waals surface area contributed by atoms with Gasteiger partial charge >= 0.3 is 5.97 Å². The quantitative estimate of drug-likeness (QED) is 0.211. The number of ketones is 1. The predicted molar refractivity (Wildman–Crippen MR) is 105 cm³/mol. The summed E-state index contributed by atoms with van der Waals surface area (Å²) >= 11 is 0. The van der Waals surface area contributed by atoms with E-state index >= 15 is 0 Å². The molecule has 152 valence electrons. The zero-order valence-corrected chi connectivity index (χ0v) is 15.6. The van der Waals surface area contributed by atoms with E-state index in [1.165, 1.54) is 37.4 Å². The van der Waals surface area contributed by atoms with E-state index in [1.807, 2.05) is 0 Å². The van der Waals surface area contributed by atoms with Gasteiger partial charge in [0.15, 0.2) is 12.4 Å². The Balaban J connectivity index is 2.10. The Morgan fingerprint density at radius 1 is 1.10 bits per heavy atom. The fourth-order valence-corrected chi connectivity index (χ4v) is 2.48. The van der Waals surface area contributed by atoms with Crippen LogP contribution < -0.4 is 15.9 Å². The van der Waals surface area contributed by atoms with Crippen molar-refractivity contribution in [2.75, 3.05) is 6.61 Å². The largest absolute Gasteiger partial charge is 0.482 e. The maximum atomic E-state index is 12.7. The first-order valence-electron chi connectivity index (χ1n) is 8.63. The Hall–Kier alpha value is -3.72. The topological polar surface area (TPSA) is 151 Å². The van der Waals surface area contributed by atoms with Crippen LogP contribution in [-0.4, -0.2) is 52.8 Å². The van der Waals surface area contributed by atoms with Crippen LogP contribution in [0.25, 0.3) is 0 Å². The lowest BCUT2D eigenvalue weighted by Crippen LogP contribution is -2.47. The van der Waals surface area contributed by atoms with E-state index in [4.69, 9.17) is 15.7 Å². The Bertz CT molecular complexity index is 891. The van der Waals surface area contributed by atoms with Gasteiger partial charge in [0.05, 0.1) is 12.3 Å². The molecule has 0 aliphatic heterocycles. The van der Waals surface area contributed by atoms with Gasteiger partial charge in [0.1, 0.15) is 11.8 Å². The molecule has 29 heavy (non-hydrogen) atoms. The molecular formula is C20H21N3O6. The lowest BCUT2D eigenvalue weighted by atomic mass is 9.99. The Labute approximate surface area is 166 Å². The number of carboxylic acids is 1. The van der Waals surface area contributed by atoms with Crippen molar-refractivity contribution in [3.63, 3.8) is 0 Å². The second-order valence-electron chi connectivity index (χ2n) is 6.16. The Kier molecular flexibility index (Phi) is 7.44. The van der Waals surface area contributed by atoms with Crippen molar-refractivity contribution in [2.45, 2.75) is 19.1 Å². The summed E-state index contributed by atoms with van der Waals surface area (Å²) in [5.74, 6) is 3.22. The number of aliphatic hydroxyl groups excluding tert-OH is 1. The minimum atomic E-state index is -1.17. The SMILES string of the molecule is C[C@@H](O)[C@H](NC(=O)c1ccc(C=NN)cc1)C(=O)c1ccc(OCC(=O)O)cc1. The molecule has 0 aliphatic carbocycles. The second kappa shape index (κ2) is 10.00. The smallest absolute Gasteiger partial charge is 0.341 e. The molecule has 2 aromatic carbocycles. The molecule has 1 amide bonds. The van der Waals surface area contributed by atoms with E-state index in [-0.39, 0.29) is 11.3 Å². The highest BCUT2D eigenvalue weighted by Gasteiger charge is 2.27. The highest BCUT2D eigenvalue weighted by atomic mass is 16.5. The third-order valence-corrected chi connectivity index (χ3v) is 3.95. The Morgan fingerprint density at radius 2 is 1.69 bits per heavy atom. The van der Waals surface area contributed by atoms with Gasteiger partial charge in [-0.3, -0.25) is 9.59 Å². The number of aliphatic carboxylic acids is 1. The van der Waals surface area contributed by atoms with Crippen LogP contribution in [0.2, 0.25) is 0 Å². The molecule has 2 rings (SSSR count). The number of rotatable bonds is 9. The zero-order chi connectivity index (χ0) is 21.4. The van der Waals surface area contributed by atoms with Crippen LogP contribution in [0.3, 0.4) is 0 Å². The van der Waals surface area contributed by atoms with Crippen molar-refractivity contribution in [2.24, 2.45) is 10.9 Å². The molecule has 9 nitrogen and oxygen atoms in total. The average Bonchev–Trinajstić information content (AvgIpc) is 2.70. The zero-order valence-electron chi connectivity index (χ0n) is 15.6. The van der Waals surface area contributed by atoms with Crippen molar-refractivity contribution >= 4 is 23.9 Å². The van der Waals surface area contributed by atoms with E-state index in [9.17, 15) is 19.5 Å². The van der Waals surface area contributed by atoms with E-state index in [1.54, 1.807) is 24.3 Å². The molecule has 0 radical (unpaired) electrons. The van der Waals surface area contributed by atoms with Gasteiger partial charge in [-0.1, -0.05) is 12.1 Å². The minimum Gasteiger partial charge on any atom is -0.482 e. The second-order valence-corrected chi connectivity index (χ2v) is 6.16. The average molecular weight is 399 g/mol. The van der Waals surface area contributed by atoms with Crippen molar-refractivity contribution < 1.29 is 29.3 Å². The molecule has 0 aliphatic rings. The number of carbonyl (C=O) groups excluding carboxylic acids is 2. The first-order valence-corrected chi connectivity index (χ1v) is 8.63. The molecule has 0 spiro atoms. The highest BCUT2D eigenvalue weighted by molar-refractivity contribution is 6.04. The third kappa shape index (κ3) is 6.15. The van der Waals surface area contributed by atoms with Gasteiger partial charge in [-0.25, -0.2) is 4.79 Å². The van der Waals surface area contributed by atoms with Crippen LogP contribution >= 0.6 is 0 Å². The molecule has 0 fully saturated rings. The molecule has 0 aromatic heterocycles. The van der Waals surface area contributed by atoms with E-state index in [0.717, 1.165) is 0 Å². The maximum Gasteiger partial charge on any atom is 0.341 e. The van der Waals surface area contributed by atoms with E-state index < -0.39 is 36.4 Å². The number of Topliss-reactive ketones (excluding diaryl/α,β-unsaturated/α-hetero) is 1. The van der Waals surface area contributed by atoms with Gasteiger partial charge in [0.25, 0.3) is 5.91 Å². The first-order chi connectivity index (χ1) is 13.8. The standard InChI is InChI=1S/C20H21N3O6/c1-12(24)18(23-20(28)15-4-2-13(3-5-15)10-22-21)19(27)14-6-8-16(9-7-14)29-11-17(25)26/h2-10,12,18,24H,11,21H2,1H3,(H,23,28)(H,25,26)/t12-,18+/m1/s1. The number of ether oxygens (including phenoxy) is 1. The number of hydrazone groups is 1. The molecule has 0 bridgehead atoms. The molecule has 0 saturated carbocycles. The van der Waals surface area contributed by atoms with Crippen LogP contribution in [0.1, 0.15) is 33.2 Å². The number of aliphatic hydroxyl groups is 1. The molecule has 5 N–H and O–H groups in total. The molecule has 2 aromatic rings. The molecule has 0 unspecified atom stereocenters. The molecule has 0 heterocycles. The predicted octanol–water partition coefficient (Wildman–Crippen LogP) is 0.805. The molecular weight excluding hydrogens is 378 g/mol. The summed E-state index contributed by atoms with van der Waals surface area (Å²) in [5.41, 5.74) is 1.24. The van der Waals surface area contributed by atoms with Crippen LogP contribution in [0, 0.1) is 0 Å². The van der Waals surface area contributed by atoms with Crippen LogP contribution in [0.5, 0.6) is 5.75 Å². The summed E-state index contributed by atoms with van der Waals surface area (Å²) in [4.78, 5) is 35.7. The van der Waals surface area contributed by atoms with Crippen molar-refractivity contribution in [1.82, 2.24) is 5.32 Å². The van der Waals surface area contributed by atoms with Crippen LogP contribution in [-0.2, 0) is 4.79 Å². The maximum absolute atomic E-state index is 12.7. The van der Waals surface area contributed by atoms with Crippen molar-refractivity contribution in [3.05, 3.63) is 65.2 Å². The summed E-state index contributed by atoms with van der Waals surface area (Å²) in [6.45, 7) is 0.892. The number of nitrogens with two attached hydrogens (primary N) is 1. The number of amides is 1. The number of nitrogens with zero attached hydrogens (tertiary/aromatic N) is 1. The van der Waals surface area contributed by atoms with Crippen molar-refractivity contribution in [1.29, 1.82) is 0 Å². The number of carbonyl (C=O) groups is 3. The summed E-state index contributed by atoms with van der Waals surface area (Å²) < 4.78 is 5.01. The van der Waals surface area contributed by atoms with Gasteiger partial charge < -0.3 is 26.1 Å². The number of carboxylic acid groups (broad SMARTS) is 1. The lowest BCUT2D eigenvalue weighted by molar-refractivity contribution is -0.139. The number of benzene rings is 2. The number of hydrogen-bond acceptors (Lipinski definition) is 7. The van der Waals surface area contributed by atoms with Gasteiger partial charge in [0, 0.05) is 11.1 Å². The molecule has 9 heteroatoms. The monoisotopic (exact) mass is 399 g/mol. The van der Waals surface area contributed by atoms with Gasteiger partial charge in [0.2, 0.25) is 0 Å². The van der Waals surface area contributed by atoms with Gasteiger partial charge in [-0.2, -0.15) is 5.10 Å². The summed E-state index contributed by atoms with van der Waals surface area (Å²) in [6.07, 6.45) is 0.284. The lowest BCUT2D eigenvalue weighted by Gasteiger charge is -2.20. The number of hydrogen-bond donors (Lipinski definition) is 4. The highest BCUT2D eigenvalue weighted by Crippen LogP contribution is 2.15. The number of nitrogens with one attached hydrogen (secondary N) is 1. The summed E-state index contributed by atoms with van der Waals surface area (Å²) in [5, 5.41) is 24.5. The fraction of sp³-hybridized carbons (Fsp3) is 0.200. The summed E-state index contributed by atoms with van der Waals surface area (Å²) in [6, 6.07) is 10.9. The fourth-order valence-electron chi connectivity index (χ4n) is 2.48. The molecule has 2 atom stereocenters. The van der Waals surface area contributed by atoms with Crippen LogP contribution in [0.4, 0.5) is 0 Å². The van der Waals surface area contributed by atoms with Gasteiger partial charge in [-0.05, 0) is 48.9 Å². The van der Waals surface area contributed by atoms with E-state index in [2.05, 4.69) is 10.4 Å². The minimum absolute atomic E-state index is 0.230. The molecule has 0 saturated heterocycles. The first kappa shape index (κ1) is 21.6. The Morgan fingerprint density at radius 3 is 2.21 bits per heavy atom. The third-order valence-electron chi connectivity index (χ3n) is 3.95. The normalized spacial score (nSPS) is 12.9. The van der Waals surface area contributed by atoms with Crippen molar-refractivity contribution in [3.8, 4) is 5.75 Å². The van der Waals surface area contributed by atoms with Gasteiger partial charge in [-0.15, -0.1) is 0 Å². The van der Waals surface area contributed by atoms with E-state index in [0.29, 0.717) is 11.1 Å². The van der Waals surface area contributed by atoms with Crippen LogP contribution in [0.15, 0.2) is 53.6 Å².